The second-order valence-electron chi connectivity index (χ2n) is 2.76. The Kier molecular flexibility index (Phi) is 6.37. The molecule has 0 aliphatic carbocycles. The van der Waals surface area contributed by atoms with Crippen LogP contribution in [0.1, 0.15) is 18.3 Å². The molecule has 4 heteroatoms. The van der Waals surface area contributed by atoms with Crippen LogP contribution < -0.4 is 0 Å². The molecule has 0 saturated carbocycles. The third-order valence-corrected chi connectivity index (χ3v) is 1.84. The maximum absolute atomic E-state index is 5.43. The first-order valence-corrected chi connectivity index (χ1v) is 8.32. The summed E-state index contributed by atoms with van der Waals surface area (Å²) >= 11 is 0.847. The zero-order valence-corrected chi connectivity index (χ0v) is 11.6. The van der Waals surface area contributed by atoms with E-state index in [1.54, 1.807) is 0 Å². The minimum atomic E-state index is -0.159. The molecule has 1 aromatic carbocycles. The molecular weight excluding hydrogens is 253 g/mol. The van der Waals surface area contributed by atoms with Crippen molar-refractivity contribution < 1.29 is 26.8 Å². The fourth-order valence-corrected chi connectivity index (χ4v) is 1.24. The molecule has 0 radical (unpaired) electrons. The molecule has 0 atom stereocenters. The van der Waals surface area contributed by atoms with E-state index in [-0.39, 0.29) is 6.29 Å². The Labute approximate surface area is 98.3 Å². The number of hydrogen-bond acceptors (Lipinski definition) is 2. The van der Waals surface area contributed by atoms with Crippen LogP contribution in [0.5, 0.6) is 0 Å². The van der Waals surface area contributed by atoms with Crippen molar-refractivity contribution >= 4 is 9.69 Å². The number of hydrogen-bond donors (Lipinski definition) is 0. The van der Waals surface area contributed by atoms with Gasteiger partial charge in [-0.2, -0.15) is 30.3 Å². The average molecular weight is 264 g/mol. The summed E-state index contributed by atoms with van der Waals surface area (Å²) in [6.07, 6.45) is 0.837. The third-order valence-electron chi connectivity index (χ3n) is 1.84. The van der Waals surface area contributed by atoms with Crippen molar-refractivity contribution in [1.82, 2.24) is 0 Å². The van der Waals surface area contributed by atoms with Crippen LogP contribution >= 0.6 is 9.69 Å². The van der Waals surface area contributed by atoms with Gasteiger partial charge in [-0.3, -0.25) is 0 Å². The molecule has 0 unspecified atom stereocenters. The monoisotopic (exact) mass is 262 g/mol. The van der Waals surface area contributed by atoms with Gasteiger partial charge >= 0.3 is 27.0 Å². The molecule has 2 rings (SSSR count). The summed E-state index contributed by atoms with van der Waals surface area (Å²) in [5.41, 5.74) is 1.08. The Balaban J connectivity index is 0.000000461. The Morgan fingerprint density at radius 1 is 1.21 bits per heavy atom. The van der Waals surface area contributed by atoms with Gasteiger partial charge in [0.15, 0.2) is 6.29 Å². The molecule has 1 saturated heterocycles. The van der Waals surface area contributed by atoms with Crippen LogP contribution in [0.25, 0.3) is 0 Å². The minimum absolute atomic E-state index is 0.159. The summed E-state index contributed by atoms with van der Waals surface area (Å²) in [6.45, 7) is 1.59. The van der Waals surface area contributed by atoms with Crippen molar-refractivity contribution in [2.75, 3.05) is 13.2 Å². The summed E-state index contributed by atoms with van der Waals surface area (Å²) < 4.78 is 10.9. The summed E-state index contributed by atoms with van der Waals surface area (Å²) in [5, 5.41) is 0. The Morgan fingerprint density at radius 2 is 1.79 bits per heavy atom. The molecule has 0 N–H and O–H groups in total. The number of benzene rings is 1. The van der Waals surface area contributed by atoms with Gasteiger partial charge in [-0.05, 0) is 6.42 Å². The van der Waals surface area contributed by atoms with Gasteiger partial charge in [0.2, 0.25) is 0 Å². The Hall–Kier alpha value is 0.0534. The smallest absolute Gasteiger partial charge is 0.161 e. The Morgan fingerprint density at radius 3 is 2.36 bits per heavy atom. The van der Waals surface area contributed by atoms with Crippen molar-refractivity contribution in [2.24, 2.45) is 0 Å². The number of halogens is 1. The van der Waals surface area contributed by atoms with Crippen molar-refractivity contribution in [3.05, 3.63) is 35.9 Å². The van der Waals surface area contributed by atoms with Crippen LogP contribution in [0.2, 0.25) is 0 Å². The van der Waals surface area contributed by atoms with E-state index in [1.807, 2.05) is 24.3 Å². The largest absolute Gasteiger partial charge is 0.350 e. The first kappa shape index (κ1) is 12.1. The first-order chi connectivity index (χ1) is 6.97. The van der Waals surface area contributed by atoms with E-state index in [9.17, 15) is 0 Å². The molecule has 1 aromatic rings. The van der Waals surface area contributed by atoms with E-state index in [0.717, 1.165) is 42.5 Å². The van der Waals surface area contributed by atoms with Crippen molar-refractivity contribution in [2.45, 2.75) is 12.7 Å². The molecule has 0 bridgehead atoms. The zero-order chi connectivity index (χ0) is 10.2. The van der Waals surface area contributed by atoms with Crippen molar-refractivity contribution in [1.29, 1.82) is 0 Å². The molecule has 0 spiro atoms. The van der Waals surface area contributed by atoms with Gasteiger partial charge in [-0.25, -0.2) is 0 Å². The van der Waals surface area contributed by atoms with Gasteiger partial charge in [-0.15, -0.1) is 5.56 Å². The van der Waals surface area contributed by atoms with Crippen LogP contribution in [0.4, 0.5) is 0 Å². The summed E-state index contributed by atoms with van der Waals surface area (Å²) in [6, 6.07) is 10.6. The van der Waals surface area contributed by atoms with Gasteiger partial charge in [0.25, 0.3) is 0 Å². The van der Waals surface area contributed by atoms with E-state index >= 15 is 0 Å². The summed E-state index contributed by atoms with van der Waals surface area (Å²) in [5.74, 6) is 0. The van der Waals surface area contributed by atoms with E-state index in [1.165, 1.54) is 0 Å². The molecular formula is C10H11ClO2Zn. The number of ether oxygens (including phenoxy) is 2. The average Bonchev–Trinajstić information content (AvgIpc) is 2.34. The maximum Gasteiger partial charge on any atom is 0.161 e. The minimum Gasteiger partial charge on any atom is -0.350 e. The Bertz CT molecular complexity index is 237. The van der Waals surface area contributed by atoms with E-state index in [4.69, 9.17) is 19.2 Å². The normalized spacial score (nSPS) is 17.1. The van der Waals surface area contributed by atoms with Gasteiger partial charge in [0.1, 0.15) is 0 Å². The van der Waals surface area contributed by atoms with Gasteiger partial charge < -0.3 is 9.47 Å². The van der Waals surface area contributed by atoms with Crippen molar-refractivity contribution in [3.63, 3.8) is 0 Å². The van der Waals surface area contributed by atoms with Gasteiger partial charge in [0.05, 0.1) is 13.2 Å². The molecule has 0 amide bonds. The third kappa shape index (κ3) is 3.66. The van der Waals surface area contributed by atoms with E-state index in [2.05, 4.69) is 6.07 Å². The molecule has 2 nitrogen and oxygen atoms in total. The molecule has 72 valence electrons. The van der Waals surface area contributed by atoms with Gasteiger partial charge in [-0.1, -0.05) is 0 Å². The maximum atomic E-state index is 5.43. The molecule has 1 heterocycles. The standard InChI is InChI=1S/C10H11O2.ClH.Zn/c1-2-5-9(6-3-1)10-11-7-4-8-12-10;;/h2-3,5-6,10H,4,7-8H2;1H;/q-1;;+2/p-1. The van der Waals surface area contributed by atoms with Crippen LogP contribution in [-0.2, 0) is 26.8 Å². The van der Waals surface area contributed by atoms with Gasteiger partial charge in [0, 0.05) is 0 Å². The fraction of sp³-hybridized carbons (Fsp3) is 0.400. The molecule has 1 aliphatic rings. The van der Waals surface area contributed by atoms with E-state index < -0.39 is 0 Å². The van der Waals surface area contributed by atoms with Crippen LogP contribution in [0, 0.1) is 6.07 Å². The SMILES string of the molecule is [Cl][Zn+].[c-]1ccc(C2OCCCO2)cc1. The predicted octanol–water partition coefficient (Wildman–Crippen LogP) is 2.61. The molecule has 1 fully saturated rings. The second-order valence-corrected chi connectivity index (χ2v) is 2.76. The quantitative estimate of drug-likeness (QED) is 0.573. The first-order valence-electron chi connectivity index (χ1n) is 4.43. The molecule has 0 aromatic heterocycles. The summed E-state index contributed by atoms with van der Waals surface area (Å²) in [4.78, 5) is 0. The van der Waals surface area contributed by atoms with Crippen LogP contribution in [0.15, 0.2) is 24.3 Å². The second kappa shape index (κ2) is 7.36. The summed E-state index contributed by atoms with van der Waals surface area (Å²) in [7, 11) is 4.76. The fourth-order valence-electron chi connectivity index (χ4n) is 1.24. The molecule has 1 aliphatic heterocycles. The van der Waals surface area contributed by atoms with Crippen molar-refractivity contribution in [3.8, 4) is 0 Å². The zero-order valence-electron chi connectivity index (χ0n) is 7.91. The number of rotatable bonds is 1. The molecule has 14 heavy (non-hydrogen) atoms. The predicted molar refractivity (Wildman–Crippen MR) is 50.4 cm³/mol. The topological polar surface area (TPSA) is 18.5 Å². The van der Waals surface area contributed by atoms with E-state index in [0.29, 0.717) is 0 Å². The van der Waals surface area contributed by atoms with Crippen LogP contribution in [0.3, 0.4) is 0 Å². The van der Waals surface area contributed by atoms with Crippen LogP contribution in [-0.4, -0.2) is 13.2 Å².